The van der Waals surface area contributed by atoms with Gasteiger partial charge in [-0.2, -0.15) is 5.26 Å². The molecule has 10 nitrogen and oxygen atoms in total. The molecular weight excluding hydrogens is 643 g/mol. The molecule has 0 N–H and O–H groups in total. The number of benzene rings is 1. The first-order valence-corrected chi connectivity index (χ1v) is 17.2. The highest BCUT2D eigenvalue weighted by molar-refractivity contribution is 6.34. The summed E-state index contributed by atoms with van der Waals surface area (Å²) in [6.45, 7) is 12.5. The molecule has 0 aliphatic carbocycles. The SMILES string of the molecule is CC(C)c1ncnc(C(C)C)c1-n1c(=O)c(C#N)c(N2CCN(C(=O)/C=C/N3CCCC3C)CC2)c2cc(Cl)c(-c3ccccc3F)nc21. The van der Waals surface area contributed by atoms with Crippen molar-refractivity contribution in [2.45, 2.75) is 65.3 Å². The van der Waals surface area contributed by atoms with Crippen LogP contribution in [0.1, 0.15) is 76.2 Å². The lowest BCUT2D eigenvalue weighted by molar-refractivity contribution is -0.126. The zero-order chi connectivity index (χ0) is 35.0. The fraction of sp³-hybridized carbons (Fsp3) is 0.405. The number of piperazine rings is 1. The van der Waals surface area contributed by atoms with Crippen molar-refractivity contribution in [2.24, 2.45) is 0 Å². The fourth-order valence-electron chi connectivity index (χ4n) is 6.82. The van der Waals surface area contributed by atoms with E-state index in [0.717, 1.165) is 19.4 Å². The molecular formula is C37H40ClFN8O2. The molecule has 0 saturated carbocycles. The minimum Gasteiger partial charge on any atom is -0.374 e. The number of nitrogens with zero attached hydrogens (tertiary/aromatic N) is 8. The standard InChI is InChI=1S/C37H40ClFN8O2/c1-22(2)31-35(32(23(3)4)42-21-41-31)47-36-26(19-28(38)33(43-36)25-10-6-7-11-29(25)39)34(27(20-40)37(47)49)46-17-15-45(16-18-46)30(48)12-14-44-13-8-9-24(44)5/h6-7,10-12,14,19,21-24H,8-9,13,15-18H2,1-5H3/b14-12+. The zero-order valence-corrected chi connectivity index (χ0v) is 29.2. The first-order chi connectivity index (χ1) is 23.5. The van der Waals surface area contributed by atoms with Gasteiger partial charge in [0.25, 0.3) is 5.56 Å². The van der Waals surface area contributed by atoms with Crippen LogP contribution >= 0.6 is 11.6 Å². The Hall–Kier alpha value is -4.82. The Labute approximate surface area is 290 Å². The largest absolute Gasteiger partial charge is 0.374 e. The molecule has 1 atom stereocenters. The fourth-order valence-corrected chi connectivity index (χ4v) is 7.07. The molecule has 1 aromatic carbocycles. The van der Waals surface area contributed by atoms with Gasteiger partial charge < -0.3 is 14.7 Å². The smallest absolute Gasteiger partial charge is 0.276 e. The number of rotatable bonds is 7. The second kappa shape index (κ2) is 14.0. The number of carbonyl (C=O) groups excluding carboxylic acids is 1. The molecule has 2 aliphatic heterocycles. The number of likely N-dealkylation sites (tertiary alicyclic amines) is 1. The molecule has 2 aliphatic rings. The number of hydrogen-bond donors (Lipinski definition) is 0. The van der Waals surface area contributed by atoms with Crippen molar-refractivity contribution >= 4 is 34.2 Å². The summed E-state index contributed by atoms with van der Waals surface area (Å²) in [5.41, 5.74) is 1.96. The Morgan fingerprint density at radius 1 is 1.04 bits per heavy atom. The van der Waals surface area contributed by atoms with Crippen molar-refractivity contribution in [3.8, 4) is 23.0 Å². The summed E-state index contributed by atoms with van der Waals surface area (Å²) >= 11 is 6.87. The molecule has 2 saturated heterocycles. The van der Waals surface area contributed by atoms with Gasteiger partial charge in [-0.3, -0.25) is 14.2 Å². The third-order valence-corrected chi connectivity index (χ3v) is 9.72. The average Bonchev–Trinajstić information content (AvgIpc) is 3.51. The third-order valence-electron chi connectivity index (χ3n) is 9.43. The van der Waals surface area contributed by atoms with Gasteiger partial charge in [-0.25, -0.2) is 19.3 Å². The molecule has 5 heterocycles. The summed E-state index contributed by atoms with van der Waals surface area (Å²) < 4.78 is 16.6. The monoisotopic (exact) mass is 682 g/mol. The maximum Gasteiger partial charge on any atom is 0.276 e. The predicted octanol–water partition coefficient (Wildman–Crippen LogP) is 6.40. The van der Waals surface area contributed by atoms with E-state index < -0.39 is 11.4 Å². The molecule has 6 rings (SSSR count). The van der Waals surface area contributed by atoms with E-state index in [2.05, 4.69) is 27.9 Å². The molecule has 3 aromatic heterocycles. The van der Waals surface area contributed by atoms with Crippen molar-refractivity contribution in [1.82, 2.24) is 29.3 Å². The number of carbonyl (C=O) groups is 1. The van der Waals surface area contributed by atoms with E-state index in [0.29, 0.717) is 60.4 Å². The van der Waals surface area contributed by atoms with Crippen LogP contribution in [0.4, 0.5) is 10.1 Å². The lowest BCUT2D eigenvalue weighted by Gasteiger charge is -2.37. The van der Waals surface area contributed by atoms with Crippen LogP contribution in [-0.4, -0.2) is 74.0 Å². The van der Waals surface area contributed by atoms with Crippen LogP contribution in [0.2, 0.25) is 5.02 Å². The molecule has 4 aromatic rings. The van der Waals surface area contributed by atoms with Crippen LogP contribution in [0.15, 0.2) is 53.7 Å². The van der Waals surface area contributed by atoms with E-state index in [4.69, 9.17) is 16.6 Å². The number of nitriles is 1. The van der Waals surface area contributed by atoms with Gasteiger partial charge in [0.05, 0.1) is 33.5 Å². The second-order valence-electron chi connectivity index (χ2n) is 13.3. The number of pyridine rings is 2. The Morgan fingerprint density at radius 3 is 2.31 bits per heavy atom. The third kappa shape index (κ3) is 6.37. The van der Waals surface area contributed by atoms with Crippen molar-refractivity contribution in [2.75, 3.05) is 37.6 Å². The summed E-state index contributed by atoms with van der Waals surface area (Å²) in [4.78, 5) is 47.8. The van der Waals surface area contributed by atoms with Gasteiger partial charge >= 0.3 is 0 Å². The quantitative estimate of drug-likeness (QED) is 0.206. The van der Waals surface area contributed by atoms with Gasteiger partial charge in [0.15, 0.2) is 0 Å². The second-order valence-corrected chi connectivity index (χ2v) is 13.7. The van der Waals surface area contributed by atoms with Crippen LogP contribution in [0.3, 0.4) is 0 Å². The van der Waals surface area contributed by atoms with Gasteiger partial charge in [-0.1, -0.05) is 51.4 Å². The van der Waals surface area contributed by atoms with E-state index in [1.54, 1.807) is 35.2 Å². The van der Waals surface area contributed by atoms with Gasteiger partial charge in [-0.15, -0.1) is 0 Å². The first-order valence-electron chi connectivity index (χ1n) is 16.8. The number of halogens is 2. The average molecular weight is 683 g/mol. The Morgan fingerprint density at radius 2 is 1.71 bits per heavy atom. The van der Waals surface area contributed by atoms with Crippen LogP contribution in [0.5, 0.6) is 0 Å². The molecule has 254 valence electrons. The summed E-state index contributed by atoms with van der Waals surface area (Å²) in [6, 6.07) is 10.4. The number of aromatic nitrogens is 4. The van der Waals surface area contributed by atoms with Crippen molar-refractivity contribution in [1.29, 1.82) is 5.26 Å². The summed E-state index contributed by atoms with van der Waals surface area (Å²) in [5, 5.41) is 11.2. The van der Waals surface area contributed by atoms with Crippen LogP contribution in [0, 0.1) is 17.1 Å². The molecule has 1 unspecified atom stereocenters. The lowest BCUT2D eigenvalue weighted by Crippen LogP contribution is -2.49. The molecule has 12 heteroatoms. The molecule has 49 heavy (non-hydrogen) atoms. The van der Waals surface area contributed by atoms with Crippen molar-refractivity contribution < 1.29 is 9.18 Å². The Kier molecular flexibility index (Phi) is 9.70. The number of anilines is 1. The molecule has 0 radical (unpaired) electrons. The number of fused-ring (bicyclic) bond motifs is 1. The Bertz CT molecular complexity index is 2020. The zero-order valence-electron chi connectivity index (χ0n) is 28.5. The highest BCUT2D eigenvalue weighted by Gasteiger charge is 2.31. The van der Waals surface area contributed by atoms with E-state index in [-0.39, 0.29) is 45.2 Å². The van der Waals surface area contributed by atoms with Gasteiger partial charge in [0.1, 0.15) is 29.4 Å². The molecule has 1 amide bonds. The minimum absolute atomic E-state index is 0.0784. The maximum absolute atomic E-state index is 15.2. The minimum atomic E-state index is -0.584. The highest BCUT2D eigenvalue weighted by atomic mass is 35.5. The normalized spacial score (nSPS) is 16.8. The van der Waals surface area contributed by atoms with Crippen LogP contribution < -0.4 is 10.5 Å². The highest BCUT2D eigenvalue weighted by Crippen LogP contribution is 2.38. The maximum atomic E-state index is 15.2. The first kappa shape index (κ1) is 34.1. The number of hydrogen-bond acceptors (Lipinski definition) is 8. The van der Waals surface area contributed by atoms with Crippen molar-refractivity contribution in [3.63, 3.8) is 0 Å². The van der Waals surface area contributed by atoms with Gasteiger partial charge in [0, 0.05) is 62.0 Å². The van der Waals surface area contributed by atoms with E-state index >= 15 is 4.39 Å². The molecule has 0 spiro atoms. The van der Waals surface area contributed by atoms with Crippen LogP contribution in [0.25, 0.3) is 28.0 Å². The predicted molar refractivity (Wildman–Crippen MR) is 190 cm³/mol. The van der Waals surface area contributed by atoms with Gasteiger partial charge in [-0.05, 0) is 49.8 Å². The van der Waals surface area contributed by atoms with E-state index in [1.807, 2.05) is 38.8 Å². The molecule has 0 bridgehead atoms. The lowest BCUT2D eigenvalue weighted by atomic mass is 10.00. The number of amides is 1. The van der Waals surface area contributed by atoms with Gasteiger partial charge in [0.2, 0.25) is 5.91 Å². The summed E-state index contributed by atoms with van der Waals surface area (Å²) in [5.74, 6) is -0.796. The van der Waals surface area contributed by atoms with E-state index in [9.17, 15) is 14.9 Å². The molecule has 2 fully saturated rings. The summed E-state index contributed by atoms with van der Waals surface area (Å²) in [7, 11) is 0. The Balaban J connectivity index is 1.52. The topological polar surface area (TPSA) is 111 Å². The van der Waals surface area contributed by atoms with Crippen molar-refractivity contribution in [3.05, 3.63) is 87.1 Å². The van der Waals surface area contributed by atoms with E-state index in [1.165, 1.54) is 17.0 Å². The van der Waals surface area contributed by atoms with Crippen LogP contribution in [-0.2, 0) is 4.79 Å². The summed E-state index contributed by atoms with van der Waals surface area (Å²) in [6.07, 6.45) is 7.22.